The molecule has 0 radical (unpaired) electrons. The Kier molecular flexibility index (Phi) is 6.37. The van der Waals surface area contributed by atoms with Crippen molar-refractivity contribution in [2.24, 2.45) is 0 Å². The van der Waals surface area contributed by atoms with Crippen LogP contribution < -0.4 is 5.32 Å². The molecule has 0 bridgehead atoms. The predicted octanol–water partition coefficient (Wildman–Crippen LogP) is 4.73. The molecule has 1 aliphatic rings. The van der Waals surface area contributed by atoms with Gasteiger partial charge in [0.2, 0.25) is 0 Å². The van der Waals surface area contributed by atoms with Gasteiger partial charge < -0.3 is 14.6 Å². The summed E-state index contributed by atoms with van der Waals surface area (Å²) < 4.78 is 5.96. The summed E-state index contributed by atoms with van der Waals surface area (Å²) in [4.78, 5) is 17.8. The molecule has 3 aromatic rings. The zero-order valence-corrected chi connectivity index (χ0v) is 19.4. The zero-order valence-electron chi connectivity index (χ0n) is 18.7. The molecule has 1 fully saturated rings. The van der Waals surface area contributed by atoms with Crippen molar-refractivity contribution in [3.8, 4) is 0 Å². The third kappa shape index (κ3) is 4.64. The molecule has 1 aromatic heterocycles. The number of fused-ring (bicyclic) bond motifs is 1. The summed E-state index contributed by atoms with van der Waals surface area (Å²) in [6, 6.07) is 12.1. The van der Waals surface area contributed by atoms with E-state index in [4.69, 9.17) is 16.0 Å². The van der Waals surface area contributed by atoms with E-state index in [1.807, 2.05) is 25.1 Å². The number of amides is 1. The summed E-state index contributed by atoms with van der Waals surface area (Å²) in [6.07, 6.45) is 0. The molecule has 1 atom stereocenters. The average molecular weight is 440 g/mol. The molecule has 31 heavy (non-hydrogen) atoms. The van der Waals surface area contributed by atoms with Crippen molar-refractivity contribution in [3.05, 3.63) is 69.4 Å². The van der Waals surface area contributed by atoms with E-state index in [2.05, 4.69) is 54.2 Å². The van der Waals surface area contributed by atoms with Crippen LogP contribution in [0.5, 0.6) is 0 Å². The molecule has 164 valence electrons. The van der Waals surface area contributed by atoms with Crippen molar-refractivity contribution in [1.82, 2.24) is 15.1 Å². The van der Waals surface area contributed by atoms with E-state index in [1.54, 1.807) is 0 Å². The monoisotopic (exact) mass is 439 g/mol. The third-order valence-corrected chi connectivity index (χ3v) is 6.70. The Morgan fingerprint density at radius 2 is 1.71 bits per heavy atom. The molecular weight excluding hydrogens is 410 g/mol. The fourth-order valence-electron chi connectivity index (χ4n) is 4.24. The Balaban J connectivity index is 1.55. The summed E-state index contributed by atoms with van der Waals surface area (Å²) >= 11 is 6.10. The molecule has 1 saturated heterocycles. The third-order valence-electron chi connectivity index (χ3n) is 6.45. The number of benzene rings is 2. The van der Waals surface area contributed by atoms with Crippen molar-refractivity contribution >= 4 is 28.5 Å². The molecule has 1 amide bonds. The van der Waals surface area contributed by atoms with Crippen LogP contribution >= 0.6 is 11.6 Å². The molecule has 0 unspecified atom stereocenters. The number of nitrogens with one attached hydrogen (secondary N) is 1. The first kappa shape index (κ1) is 21.9. The number of piperazine rings is 1. The van der Waals surface area contributed by atoms with Crippen LogP contribution in [0.3, 0.4) is 0 Å². The number of carbonyl (C=O) groups is 1. The van der Waals surface area contributed by atoms with Crippen LogP contribution in [0.4, 0.5) is 0 Å². The van der Waals surface area contributed by atoms with E-state index in [9.17, 15) is 4.79 Å². The first-order valence-electron chi connectivity index (χ1n) is 10.8. The van der Waals surface area contributed by atoms with Gasteiger partial charge in [-0.1, -0.05) is 23.7 Å². The first-order valence-corrected chi connectivity index (χ1v) is 11.2. The molecule has 6 heteroatoms. The summed E-state index contributed by atoms with van der Waals surface area (Å²) in [6.45, 7) is 10.5. The van der Waals surface area contributed by atoms with Crippen LogP contribution in [-0.4, -0.2) is 55.5 Å². The summed E-state index contributed by atoms with van der Waals surface area (Å²) in [5.41, 5.74) is 5.16. The standard InChI is InChI=1S/C25H30ClN3O2/c1-16-13-21-18(3)24(31-23(21)14-17(16)2)25(30)27-15-22(19-5-7-20(26)8-6-19)29-11-9-28(4)10-12-29/h5-8,13-14,22H,9-12,15H2,1-4H3,(H,27,30)/t22-/m1/s1. The summed E-state index contributed by atoms with van der Waals surface area (Å²) in [5, 5.41) is 4.85. The Labute approximate surface area is 189 Å². The van der Waals surface area contributed by atoms with Gasteiger partial charge in [0.05, 0.1) is 6.04 Å². The van der Waals surface area contributed by atoms with Gasteiger partial charge in [-0.2, -0.15) is 0 Å². The molecule has 1 N–H and O–H groups in total. The fourth-order valence-corrected chi connectivity index (χ4v) is 4.36. The van der Waals surface area contributed by atoms with E-state index in [-0.39, 0.29) is 11.9 Å². The van der Waals surface area contributed by atoms with Gasteiger partial charge in [-0.3, -0.25) is 9.69 Å². The summed E-state index contributed by atoms with van der Waals surface area (Å²) in [5.74, 6) is 0.227. The highest BCUT2D eigenvalue weighted by molar-refractivity contribution is 6.30. The average Bonchev–Trinajstić information content (AvgIpc) is 3.06. The number of halogens is 1. The smallest absolute Gasteiger partial charge is 0.287 e. The molecule has 4 rings (SSSR count). The molecule has 1 aliphatic heterocycles. The number of carbonyl (C=O) groups excluding carboxylic acids is 1. The lowest BCUT2D eigenvalue weighted by molar-refractivity contribution is 0.0864. The first-order chi connectivity index (χ1) is 14.8. The highest BCUT2D eigenvalue weighted by atomic mass is 35.5. The molecule has 0 spiro atoms. The topological polar surface area (TPSA) is 48.7 Å². The van der Waals surface area contributed by atoms with Crippen molar-refractivity contribution in [3.63, 3.8) is 0 Å². The van der Waals surface area contributed by atoms with Gasteiger partial charge in [0, 0.05) is 48.7 Å². The fraction of sp³-hybridized carbons (Fsp3) is 0.400. The Bertz CT molecular complexity index is 1080. The van der Waals surface area contributed by atoms with Crippen molar-refractivity contribution in [2.75, 3.05) is 39.8 Å². The Morgan fingerprint density at radius 1 is 1.06 bits per heavy atom. The highest BCUT2D eigenvalue weighted by Crippen LogP contribution is 2.28. The lowest BCUT2D eigenvalue weighted by atomic mass is 10.0. The quantitative estimate of drug-likeness (QED) is 0.624. The van der Waals surface area contributed by atoms with Crippen LogP contribution in [-0.2, 0) is 0 Å². The van der Waals surface area contributed by atoms with E-state index in [0.29, 0.717) is 17.3 Å². The number of hydrogen-bond donors (Lipinski definition) is 1. The molecule has 2 heterocycles. The van der Waals surface area contributed by atoms with Crippen LogP contribution in [0.2, 0.25) is 5.02 Å². The number of likely N-dealkylation sites (N-methyl/N-ethyl adjacent to an activating group) is 1. The SMILES string of the molecule is Cc1cc2oc(C(=O)NC[C@H](c3ccc(Cl)cc3)N3CCN(C)CC3)c(C)c2cc1C. The van der Waals surface area contributed by atoms with E-state index < -0.39 is 0 Å². The van der Waals surface area contributed by atoms with Crippen LogP contribution in [0.25, 0.3) is 11.0 Å². The van der Waals surface area contributed by atoms with Gasteiger partial charge in [0.15, 0.2) is 5.76 Å². The van der Waals surface area contributed by atoms with Crippen LogP contribution in [0.1, 0.15) is 38.9 Å². The number of rotatable bonds is 5. The van der Waals surface area contributed by atoms with Gasteiger partial charge in [0.1, 0.15) is 5.58 Å². The maximum absolute atomic E-state index is 13.1. The largest absolute Gasteiger partial charge is 0.451 e. The maximum Gasteiger partial charge on any atom is 0.287 e. The number of furan rings is 1. The predicted molar refractivity (Wildman–Crippen MR) is 126 cm³/mol. The minimum absolute atomic E-state index is 0.0871. The van der Waals surface area contributed by atoms with Crippen LogP contribution in [0, 0.1) is 20.8 Å². The molecule has 0 aliphatic carbocycles. The van der Waals surface area contributed by atoms with Crippen molar-refractivity contribution in [1.29, 1.82) is 0 Å². The molecule has 0 saturated carbocycles. The second-order valence-corrected chi connectivity index (χ2v) is 9.04. The number of hydrogen-bond acceptors (Lipinski definition) is 4. The summed E-state index contributed by atoms with van der Waals surface area (Å²) in [7, 11) is 2.14. The van der Waals surface area contributed by atoms with E-state index in [0.717, 1.165) is 53.8 Å². The van der Waals surface area contributed by atoms with E-state index >= 15 is 0 Å². The van der Waals surface area contributed by atoms with Gasteiger partial charge in [0.25, 0.3) is 5.91 Å². The lowest BCUT2D eigenvalue weighted by Crippen LogP contribution is -2.48. The van der Waals surface area contributed by atoms with E-state index in [1.165, 1.54) is 5.56 Å². The van der Waals surface area contributed by atoms with Crippen LogP contribution in [0.15, 0.2) is 40.8 Å². The van der Waals surface area contributed by atoms with Gasteiger partial charge in [-0.15, -0.1) is 0 Å². The normalized spacial score (nSPS) is 16.5. The minimum atomic E-state index is -0.169. The molecular formula is C25H30ClN3O2. The van der Waals surface area contributed by atoms with Gasteiger partial charge >= 0.3 is 0 Å². The second kappa shape index (κ2) is 9.03. The number of aryl methyl sites for hydroxylation is 3. The highest BCUT2D eigenvalue weighted by Gasteiger charge is 2.26. The zero-order chi connectivity index (χ0) is 22.1. The van der Waals surface area contributed by atoms with Crippen molar-refractivity contribution < 1.29 is 9.21 Å². The van der Waals surface area contributed by atoms with Crippen molar-refractivity contribution in [2.45, 2.75) is 26.8 Å². The number of nitrogens with zero attached hydrogens (tertiary/aromatic N) is 2. The maximum atomic E-state index is 13.1. The molecule has 2 aromatic carbocycles. The Hall–Kier alpha value is -2.34. The van der Waals surface area contributed by atoms with Gasteiger partial charge in [-0.05, 0) is 68.8 Å². The Morgan fingerprint density at radius 3 is 2.39 bits per heavy atom. The van der Waals surface area contributed by atoms with Gasteiger partial charge in [-0.25, -0.2) is 0 Å². The molecule has 5 nitrogen and oxygen atoms in total. The lowest BCUT2D eigenvalue weighted by Gasteiger charge is -2.38. The minimum Gasteiger partial charge on any atom is -0.451 e. The second-order valence-electron chi connectivity index (χ2n) is 8.61.